The summed E-state index contributed by atoms with van der Waals surface area (Å²) in [5.41, 5.74) is 0.520. The molecule has 1 saturated heterocycles. The number of aliphatic carboxylic acids is 1. The first-order valence-corrected chi connectivity index (χ1v) is 5.20. The highest BCUT2D eigenvalue weighted by molar-refractivity contribution is 5.96. The standard InChI is InChI=1S/C12H12NO3/c14-11(9-5-2-1-3-6-9)13-8-4-7-10(13)12(15)16/h2-3,5-6,10H,4,7-8H2,(H,15,16). The van der Waals surface area contributed by atoms with Crippen LogP contribution in [0, 0.1) is 6.07 Å². The van der Waals surface area contributed by atoms with Crippen LogP contribution in [0.1, 0.15) is 23.2 Å². The van der Waals surface area contributed by atoms with Crippen molar-refractivity contribution >= 4 is 11.9 Å². The van der Waals surface area contributed by atoms with E-state index in [1.54, 1.807) is 24.3 Å². The van der Waals surface area contributed by atoms with Crippen LogP contribution in [-0.2, 0) is 4.79 Å². The first-order chi connectivity index (χ1) is 7.70. The molecule has 1 aliphatic rings. The first kappa shape index (κ1) is 10.7. The molecule has 1 aromatic carbocycles. The van der Waals surface area contributed by atoms with Gasteiger partial charge < -0.3 is 10.0 Å². The molecular formula is C12H12NO3. The molecule has 83 valence electrons. The summed E-state index contributed by atoms with van der Waals surface area (Å²) in [6, 6.07) is 8.76. The van der Waals surface area contributed by atoms with Crippen molar-refractivity contribution in [1.29, 1.82) is 0 Å². The number of carboxylic acid groups (broad SMARTS) is 1. The van der Waals surface area contributed by atoms with Crippen molar-refractivity contribution in [3.05, 3.63) is 35.9 Å². The molecule has 1 aromatic rings. The van der Waals surface area contributed by atoms with Crippen molar-refractivity contribution in [2.75, 3.05) is 6.54 Å². The molecule has 1 amide bonds. The van der Waals surface area contributed by atoms with Gasteiger partial charge in [0.25, 0.3) is 5.91 Å². The molecule has 0 saturated carbocycles. The van der Waals surface area contributed by atoms with E-state index in [4.69, 9.17) is 5.11 Å². The zero-order valence-corrected chi connectivity index (χ0v) is 8.72. The van der Waals surface area contributed by atoms with Crippen molar-refractivity contribution in [2.24, 2.45) is 0 Å². The second-order valence-corrected chi connectivity index (χ2v) is 3.78. The van der Waals surface area contributed by atoms with Gasteiger partial charge >= 0.3 is 5.97 Å². The Kier molecular flexibility index (Phi) is 2.90. The zero-order chi connectivity index (χ0) is 11.5. The number of carbonyl (C=O) groups excluding carboxylic acids is 1. The summed E-state index contributed by atoms with van der Waals surface area (Å²) >= 11 is 0. The van der Waals surface area contributed by atoms with Gasteiger partial charge in [0, 0.05) is 12.1 Å². The molecule has 1 radical (unpaired) electrons. The van der Waals surface area contributed by atoms with Gasteiger partial charge in [0.2, 0.25) is 0 Å². The molecular weight excluding hydrogens is 206 g/mol. The van der Waals surface area contributed by atoms with Crippen molar-refractivity contribution in [2.45, 2.75) is 18.9 Å². The van der Waals surface area contributed by atoms with Crippen molar-refractivity contribution in [3.8, 4) is 0 Å². The van der Waals surface area contributed by atoms with Crippen LogP contribution in [0.15, 0.2) is 24.3 Å². The molecule has 16 heavy (non-hydrogen) atoms. The Morgan fingerprint density at radius 2 is 2.06 bits per heavy atom. The summed E-state index contributed by atoms with van der Waals surface area (Å²) in [6.45, 7) is 0.522. The molecule has 0 bridgehead atoms. The number of likely N-dealkylation sites (tertiary alicyclic amines) is 1. The third kappa shape index (κ3) is 1.91. The third-order valence-electron chi connectivity index (χ3n) is 2.76. The van der Waals surface area contributed by atoms with E-state index in [1.165, 1.54) is 4.90 Å². The summed E-state index contributed by atoms with van der Waals surface area (Å²) in [5.74, 6) is -1.13. The summed E-state index contributed by atoms with van der Waals surface area (Å²) in [4.78, 5) is 24.4. The molecule has 1 aliphatic heterocycles. The number of hydrogen-bond acceptors (Lipinski definition) is 2. The lowest BCUT2D eigenvalue weighted by molar-refractivity contribution is -0.141. The van der Waals surface area contributed by atoms with E-state index >= 15 is 0 Å². The van der Waals surface area contributed by atoms with E-state index < -0.39 is 12.0 Å². The van der Waals surface area contributed by atoms with E-state index in [0.717, 1.165) is 6.42 Å². The van der Waals surface area contributed by atoms with E-state index in [2.05, 4.69) is 6.07 Å². The lowest BCUT2D eigenvalue weighted by atomic mass is 10.1. The summed E-state index contributed by atoms with van der Waals surface area (Å²) < 4.78 is 0. The normalized spacial score (nSPS) is 19.8. The van der Waals surface area contributed by atoms with Gasteiger partial charge in [-0.15, -0.1) is 0 Å². The van der Waals surface area contributed by atoms with Gasteiger partial charge in [0.1, 0.15) is 6.04 Å². The Morgan fingerprint density at radius 3 is 2.69 bits per heavy atom. The van der Waals surface area contributed by atoms with Crippen molar-refractivity contribution in [1.82, 2.24) is 4.90 Å². The highest BCUT2D eigenvalue weighted by atomic mass is 16.4. The van der Waals surface area contributed by atoms with Crippen LogP contribution in [0.2, 0.25) is 0 Å². The minimum Gasteiger partial charge on any atom is -0.480 e. The number of amides is 1. The molecule has 1 fully saturated rings. The molecule has 1 N–H and O–H groups in total. The number of rotatable bonds is 2. The van der Waals surface area contributed by atoms with Crippen LogP contribution in [0.3, 0.4) is 0 Å². The maximum absolute atomic E-state index is 12.0. The Morgan fingerprint density at radius 1 is 1.38 bits per heavy atom. The number of hydrogen-bond donors (Lipinski definition) is 1. The number of nitrogens with zero attached hydrogens (tertiary/aromatic N) is 1. The fourth-order valence-electron chi connectivity index (χ4n) is 1.96. The van der Waals surface area contributed by atoms with E-state index in [1.807, 2.05) is 0 Å². The van der Waals surface area contributed by atoms with E-state index in [9.17, 15) is 9.59 Å². The highest BCUT2D eigenvalue weighted by Gasteiger charge is 2.34. The van der Waals surface area contributed by atoms with Crippen LogP contribution in [0.4, 0.5) is 0 Å². The van der Waals surface area contributed by atoms with Gasteiger partial charge in [-0.2, -0.15) is 0 Å². The molecule has 2 rings (SSSR count). The van der Waals surface area contributed by atoms with Gasteiger partial charge in [-0.1, -0.05) is 12.1 Å². The van der Waals surface area contributed by atoms with Gasteiger partial charge in [-0.25, -0.2) is 4.79 Å². The van der Waals surface area contributed by atoms with Crippen LogP contribution in [0.25, 0.3) is 0 Å². The van der Waals surface area contributed by atoms with Crippen molar-refractivity contribution in [3.63, 3.8) is 0 Å². The number of carboxylic acids is 1. The predicted molar refractivity (Wildman–Crippen MR) is 57.0 cm³/mol. The Labute approximate surface area is 93.5 Å². The summed E-state index contributed by atoms with van der Waals surface area (Å²) in [5, 5.41) is 8.98. The molecule has 0 aromatic heterocycles. The van der Waals surface area contributed by atoms with Gasteiger partial charge in [0.05, 0.1) is 0 Å². The predicted octanol–water partition coefficient (Wildman–Crippen LogP) is 1.18. The second-order valence-electron chi connectivity index (χ2n) is 3.78. The molecule has 1 heterocycles. The minimum absolute atomic E-state index is 0.209. The maximum atomic E-state index is 12.0. The fraction of sp³-hybridized carbons (Fsp3) is 0.333. The second kappa shape index (κ2) is 4.35. The lowest BCUT2D eigenvalue weighted by Crippen LogP contribution is -2.40. The SMILES string of the molecule is O=C(O)C1CCCN1C(=O)c1cc[c]cc1. The summed E-state index contributed by atoms with van der Waals surface area (Å²) in [6.07, 6.45) is 1.29. The van der Waals surface area contributed by atoms with E-state index in [0.29, 0.717) is 18.5 Å². The molecule has 1 unspecified atom stereocenters. The van der Waals surface area contributed by atoms with Crippen molar-refractivity contribution < 1.29 is 14.7 Å². The first-order valence-electron chi connectivity index (χ1n) is 5.20. The monoisotopic (exact) mass is 218 g/mol. The molecule has 4 nitrogen and oxygen atoms in total. The molecule has 0 aliphatic carbocycles. The van der Waals surface area contributed by atoms with Crippen LogP contribution < -0.4 is 0 Å². The molecule has 4 heteroatoms. The quantitative estimate of drug-likeness (QED) is 0.810. The third-order valence-corrected chi connectivity index (χ3v) is 2.76. The Bertz CT molecular complexity index is 402. The van der Waals surface area contributed by atoms with Gasteiger partial charge in [-0.3, -0.25) is 4.79 Å². The minimum atomic E-state index is -0.923. The van der Waals surface area contributed by atoms with Crippen LogP contribution in [0.5, 0.6) is 0 Å². The fourth-order valence-corrected chi connectivity index (χ4v) is 1.96. The average Bonchev–Trinajstić information content (AvgIpc) is 2.78. The molecule has 0 spiro atoms. The van der Waals surface area contributed by atoms with E-state index in [-0.39, 0.29) is 5.91 Å². The maximum Gasteiger partial charge on any atom is 0.326 e. The van der Waals surface area contributed by atoms with Gasteiger partial charge in [-0.05, 0) is 31.0 Å². The smallest absolute Gasteiger partial charge is 0.326 e. The average molecular weight is 218 g/mol. The zero-order valence-electron chi connectivity index (χ0n) is 8.72. The van der Waals surface area contributed by atoms with Gasteiger partial charge in [0.15, 0.2) is 0 Å². The number of carbonyl (C=O) groups is 2. The Balaban J connectivity index is 2.19. The number of benzene rings is 1. The summed E-state index contributed by atoms with van der Waals surface area (Å²) in [7, 11) is 0. The highest BCUT2D eigenvalue weighted by Crippen LogP contribution is 2.20. The van der Waals surface area contributed by atoms with Crippen LogP contribution in [-0.4, -0.2) is 34.5 Å². The molecule has 1 atom stereocenters. The largest absolute Gasteiger partial charge is 0.480 e. The Hall–Kier alpha value is -1.84. The topological polar surface area (TPSA) is 57.6 Å². The van der Waals surface area contributed by atoms with Crippen LogP contribution >= 0.6 is 0 Å². The lowest BCUT2D eigenvalue weighted by Gasteiger charge is -2.21.